The average molecular weight is 300 g/mol. The minimum Gasteiger partial charge on any atom is -0.481 e. The first-order valence-electron chi connectivity index (χ1n) is 8.43. The third-order valence-corrected chi connectivity index (χ3v) is 4.60. The summed E-state index contributed by atoms with van der Waals surface area (Å²) in [5.41, 5.74) is -0.517. The fourth-order valence-electron chi connectivity index (χ4n) is 2.81. The van der Waals surface area contributed by atoms with Gasteiger partial charge in [-0.2, -0.15) is 0 Å². The molecule has 0 aromatic carbocycles. The van der Waals surface area contributed by atoms with E-state index in [1.54, 1.807) is 0 Å². The molecular formula is C17H32O4. The third kappa shape index (κ3) is 8.74. The zero-order chi connectivity index (χ0) is 16.1. The van der Waals surface area contributed by atoms with Gasteiger partial charge in [0, 0.05) is 6.42 Å². The van der Waals surface area contributed by atoms with E-state index in [1.807, 2.05) is 13.8 Å². The number of carboxylic acid groups (broad SMARTS) is 2. The second-order valence-corrected chi connectivity index (χ2v) is 6.01. The van der Waals surface area contributed by atoms with Crippen LogP contribution in [0, 0.1) is 5.41 Å². The Kier molecular flexibility index (Phi) is 11.0. The van der Waals surface area contributed by atoms with Gasteiger partial charge >= 0.3 is 11.9 Å². The Hall–Kier alpha value is -1.06. The van der Waals surface area contributed by atoms with Gasteiger partial charge in [0.2, 0.25) is 0 Å². The van der Waals surface area contributed by atoms with Gasteiger partial charge in [0.15, 0.2) is 0 Å². The highest BCUT2D eigenvalue weighted by Crippen LogP contribution is 2.33. The van der Waals surface area contributed by atoms with E-state index in [4.69, 9.17) is 5.11 Å². The topological polar surface area (TPSA) is 74.6 Å². The first kappa shape index (κ1) is 19.9. The number of unbranched alkanes of at least 4 members (excludes halogenated alkanes) is 7. The molecular weight excluding hydrogens is 268 g/mol. The minimum atomic E-state index is -0.705. The van der Waals surface area contributed by atoms with Crippen LogP contribution < -0.4 is 0 Å². The number of carbonyl (C=O) groups is 2. The predicted molar refractivity (Wildman–Crippen MR) is 84.5 cm³/mol. The molecule has 0 aromatic rings. The second kappa shape index (κ2) is 11.6. The van der Waals surface area contributed by atoms with Gasteiger partial charge in [0.1, 0.15) is 0 Å². The van der Waals surface area contributed by atoms with Crippen LogP contribution in [0.5, 0.6) is 0 Å². The maximum absolute atomic E-state index is 11.4. The van der Waals surface area contributed by atoms with Crippen molar-refractivity contribution < 1.29 is 19.8 Å². The molecule has 4 nitrogen and oxygen atoms in total. The third-order valence-electron chi connectivity index (χ3n) is 4.60. The largest absolute Gasteiger partial charge is 0.481 e. The van der Waals surface area contributed by atoms with E-state index in [2.05, 4.69) is 0 Å². The van der Waals surface area contributed by atoms with E-state index in [9.17, 15) is 14.7 Å². The molecule has 0 aliphatic heterocycles. The van der Waals surface area contributed by atoms with Crippen LogP contribution in [0.25, 0.3) is 0 Å². The SMILES string of the molecule is CCC(CC)(CCCCCCCCCCC(=O)O)C(=O)O. The molecule has 0 heterocycles. The molecule has 0 amide bonds. The van der Waals surface area contributed by atoms with Crippen molar-refractivity contribution in [2.75, 3.05) is 0 Å². The molecule has 0 aromatic heterocycles. The van der Waals surface area contributed by atoms with E-state index in [0.717, 1.165) is 51.4 Å². The van der Waals surface area contributed by atoms with Crippen LogP contribution in [0.1, 0.15) is 90.9 Å². The fraction of sp³-hybridized carbons (Fsp3) is 0.882. The standard InChI is InChI=1S/C17H32O4/c1-3-17(4-2,16(20)21)14-12-10-8-6-5-7-9-11-13-15(18)19/h3-14H2,1-2H3,(H,18,19)(H,20,21). The van der Waals surface area contributed by atoms with Crippen molar-refractivity contribution in [3.05, 3.63) is 0 Å². The molecule has 0 unspecified atom stereocenters. The summed E-state index contributed by atoms with van der Waals surface area (Å²) in [6.45, 7) is 3.93. The lowest BCUT2D eigenvalue weighted by atomic mass is 9.78. The molecule has 0 saturated carbocycles. The molecule has 124 valence electrons. The van der Waals surface area contributed by atoms with Gasteiger partial charge in [-0.15, -0.1) is 0 Å². The maximum Gasteiger partial charge on any atom is 0.309 e. The van der Waals surface area contributed by atoms with Crippen molar-refractivity contribution in [1.29, 1.82) is 0 Å². The number of hydrogen-bond acceptors (Lipinski definition) is 2. The van der Waals surface area contributed by atoms with Gasteiger partial charge in [-0.05, 0) is 25.7 Å². The van der Waals surface area contributed by atoms with Gasteiger partial charge in [-0.3, -0.25) is 9.59 Å². The molecule has 0 bridgehead atoms. The molecule has 0 aliphatic rings. The van der Waals surface area contributed by atoms with E-state index >= 15 is 0 Å². The van der Waals surface area contributed by atoms with Crippen LogP contribution in [0.2, 0.25) is 0 Å². The molecule has 0 rings (SSSR count). The monoisotopic (exact) mass is 300 g/mol. The Bertz CT molecular complexity index is 295. The number of aliphatic carboxylic acids is 2. The quantitative estimate of drug-likeness (QED) is 0.449. The summed E-state index contributed by atoms with van der Waals surface area (Å²) >= 11 is 0. The number of hydrogen-bond donors (Lipinski definition) is 2. The van der Waals surface area contributed by atoms with Crippen molar-refractivity contribution in [2.24, 2.45) is 5.41 Å². The van der Waals surface area contributed by atoms with Crippen molar-refractivity contribution in [2.45, 2.75) is 90.9 Å². The van der Waals surface area contributed by atoms with Gasteiger partial charge in [0.05, 0.1) is 5.41 Å². The Labute approximate surface area is 128 Å². The van der Waals surface area contributed by atoms with Crippen molar-refractivity contribution in [1.82, 2.24) is 0 Å². The molecule has 4 heteroatoms. The lowest BCUT2D eigenvalue weighted by molar-refractivity contribution is -0.150. The molecule has 0 atom stereocenters. The van der Waals surface area contributed by atoms with Crippen LogP contribution in [0.3, 0.4) is 0 Å². The van der Waals surface area contributed by atoms with Crippen LogP contribution in [0.15, 0.2) is 0 Å². The first-order valence-corrected chi connectivity index (χ1v) is 8.43. The predicted octanol–water partition coefficient (Wildman–Crippen LogP) is 4.86. The molecule has 21 heavy (non-hydrogen) atoms. The summed E-state index contributed by atoms with van der Waals surface area (Å²) in [6, 6.07) is 0. The Morgan fingerprint density at radius 2 is 1.19 bits per heavy atom. The highest BCUT2D eigenvalue weighted by molar-refractivity contribution is 5.74. The van der Waals surface area contributed by atoms with Gasteiger partial charge in [-0.25, -0.2) is 0 Å². The number of carboxylic acids is 2. The van der Waals surface area contributed by atoms with Gasteiger partial charge in [0.25, 0.3) is 0 Å². The summed E-state index contributed by atoms with van der Waals surface area (Å²) in [5, 5.41) is 17.9. The van der Waals surface area contributed by atoms with Gasteiger partial charge < -0.3 is 10.2 Å². The molecule has 0 fully saturated rings. The Morgan fingerprint density at radius 3 is 1.57 bits per heavy atom. The van der Waals surface area contributed by atoms with Gasteiger partial charge in [-0.1, -0.05) is 58.8 Å². The highest BCUT2D eigenvalue weighted by atomic mass is 16.4. The van der Waals surface area contributed by atoms with Crippen LogP contribution >= 0.6 is 0 Å². The lowest BCUT2D eigenvalue weighted by Gasteiger charge is -2.26. The number of rotatable bonds is 14. The van der Waals surface area contributed by atoms with Crippen LogP contribution in [-0.4, -0.2) is 22.2 Å². The Morgan fingerprint density at radius 1 is 0.762 bits per heavy atom. The molecule has 0 saturated heterocycles. The summed E-state index contributed by atoms with van der Waals surface area (Å²) in [5.74, 6) is -1.35. The molecule has 0 aliphatic carbocycles. The summed E-state index contributed by atoms with van der Waals surface area (Å²) < 4.78 is 0. The van der Waals surface area contributed by atoms with E-state index in [1.165, 1.54) is 6.42 Å². The van der Waals surface area contributed by atoms with E-state index in [-0.39, 0.29) is 6.42 Å². The van der Waals surface area contributed by atoms with E-state index in [0.29, 0.717) is 12.8 Å². The lowest BCUT2D eigenvalue weighted by Crippen LogP contribution is -2.29. The zero-order valence-corrected chi connectivity index (χ0v) is 13.7. The van der Waals surface area contributed by atoms with Crippen molar-refractivity contribution >= 4 is 11.9 Å². The molecule has 0 spiro atoms. The van der Waals surface area contributed by atoms with Crippen molar-refractivity contribution in [3.8, 4) is 0 Å². The van der Waals surface area contributed by atoms with Crippen LogP contribution in [0.4, 0.5) is 0 Å². The summed E-state index contributed by atoms with van der Waals surface area (Å²) in [7, 11) is 0. The highest BCUT2D eigenvalue weighted by Gasteiger charge is 2.33. The van der Waals surface area contributed by atoms with E-state index < -0.39 is 17.4 Å². The summed E-state index contributed by atoms with van der Waals surface area (Å²) in [4.78, 5) is 21.7. The maximum atomic E-state index is 11.4. The zero-order valence-electron chi connectivity index (χ0n) is 13.7. The van der Waals surface area contributed by atoms with Crippen LogP contribution in [-0.2, 0) is 9.59 Å². The second-order valence-electron chi connectivity index (χ2n) is 6.01. The minimum absolute atomic E-state index is 0.283. The van der Waals surface area contributed by atoms with Crippen molar-refractivity contribution in [3.63, 3.8) is 0 Å². The average Bonchev–Trinajstić information content (AvgIpc) is 2.44. The summed E-state index contributed by atoms with van der Waals surface area (Å²) in [6.07, 6.45) is 11.0. The normalized spacial score (nSPS) is 11.5. The molecule has 2 N–H and O–H groups in total. The fourth-order valence-corrected chi connectivity index (χ4v) is 2.81. The first-order chi connectivity index (χ1) is 9.98. The molecule has 0 radical (unpaired) electrons. The Balaban J connectivity index is 3.55. The smallest absolute Gasteiger partial charge is 0.309 e.